The van der Waals surface area contributed by atoms with E-state index in [2.05, 4.69) is 10.5 Å². The van der Waals surface area contributed by atoms with Gasteiger partial charge in [-0.2, -0.15) is 5.10 Å². The summed E-state index contributed by atoms with van der Waals surface area (Å²) in [6.45, 7) is 1.57. The Morgan fingerprint density at radius 2 is 1.93 bits per heavy atom. The molecule has 27 heavy (non-hydrogen) atoms. The van der Waals surface area contributed by atoms with Gasteiger partial charge < -0.3 is 14.2 Å². The van der Waals surface area contributed by atoms with Crippen molar-refractivity contribution in [3.8, 4) is 17.2 Å². The van der Waals surface area contributed by atoms with Crippen LogP contribution in [0.25, 0.3) is 0 Å². The number of nitro groups is 1. The van der Waals surface area contributed by atoms with Gasteiger partial charge in [-0.3, -0.25) is 14.9 Å². The Bertz CT molecular complexity index is 853. The fourth-order valence-corrected chi connectivity index (χ4v) is 2.12. The van der Waals surface area contributed by atoms with Gasteiger partial charge in [0.05, 0.1) is 25.4 Å². The van der Waals surface area contributed by atoms with Crippen LogP contribution in [0.5, 0.6) is 17.2 Å². The molecule has 0 aliphatic carbocycles. The molecule has 9 heteroatoms. The van der Waals surface area contributed by atoms with E-state index in [1.54, 1.807) is 37.3 Å². The second-order valence-corrected chi connectivity index (χ2v) is 5.36. The van der Waals surface area contributed by atoms with E-state index in [1.807, 2.05) is 0 Å². The fourth-order valence-electron chi connectivity index (χ4n) is 2.12. The first-order valence-corrected chi connectivity index (χ1v) is 7.90. The number of benzene rings is 2. The number of methoxy groups -OCH3 is 2. The fraction of sp³-hybridized carbons (Fsp3) is 0.222. The zero-order chi connectivity index (χ0) is 19.8. The van der Waals surface area contributed by atoms with E-state index < -0.39 is 16.9 Å². The van der Waals surface area contributed by atoms with Gasteiger partial charge in [0.25, 0.3) is 5.91 Å². The first-order chi connectivity index (χ1) is 12.9. The van der Waals surface area contributed by atoms with Gasteiger partial charge in [-0.05, 0) is 31.2 Å². The predicted octanol–water partition coefficient (Wildman–Crippen LogP) is 2.53. The van der Waals surface area contributed by atoms with Crippen LogP contribution in [0.3, 0.4) is 0 Å². The van der Waals surface area contributed by atoms with Crippen molar-refractivity contribution in [1.82, 2.24) is 5.43 Å². The van der Waals surface area contributed by atoms with E-state index in [0.717, 1.165) is 0 Å². The molecular weight excluding hydrogens is 354 g/mol. The van der Waals surface area contributed by atoms with Gasteiger partial charge >= 0.3 is 5.69 Å². The summed E-state index contributed by atoms with van der Waals surface area (Å²) in [4.78, 5) is 22.5. The molecule has 2 rings (SSSR count). The third kappa shape index (κ3) is 5.43. The lowest BCUT2D eigenvalue weighted by Crippen LogP contribution is -2.33. The Morgan fingerprint density at radius 1 is 1.19 bits per heavy atom. The number of hydrogen-bond donors (Lipinski definition) is 1. The number of rotatable bonds is 8. The van der Waals surface area contributed by atoms with Crippen LogP contribution in [0, 0.1) is 10.1 Å². The van der Waals surface area contributed by atoms with Crippen molar-refractivity contribution < 1.29 is 23.9 Å². The van der Waals surface area contributed by atoms with Gasteiger partial charge in [0, 0.05) is 17.7 Å². The van der Waals surface area contributed by atoms with Crippen molar-refractivity contribution in [2.45, 2.75) is 13.0 Å². The topological polar surface area (TPSA) is 112 Å². The van der Waals surface area contributed by atoms with Crippen LogP contribution in [-0.4, -0.2) is 37.4 Å². The van der Waals surface area contributed by atoms with Crippen molar-refractivity contribution in [2.75, 3.05) is 14.2 Å². The van der Waals surface area contributed by atoms with Crippen LogP contribution < -0.4 is 19.6 Å². The number of nitrogens with one attached hydrogen (secondary N) is 1. The van der Waals surface area contributed by atoms with Crippen LogP contribution in [-0.2, 0) is 4.79 Å². The van der Waals surface area contributed by atoms with E-state index >= 15 is 0 Å². The highest BCUT2D eigenvalue weighted by atomic mass is 16.6. The number of nitrogens with zero attached hydrogens (tertiary/aromatic N) is 2. The van der Waals surface area contributed by atoms with Crippen molar-refractivity contribution in [2.24, 2.45) is 5.10 Å². The van der Waals surface area contributed by atoms with Gasteiger partial charge in [0.15, 0.2) is 11.9 Å². The molecule has 0 saturated heterocycles. The molecule has 0 aromatic heterocycles. The highest BCUT2D eigenvalue weighted by molar-refractivity contribution is 5.85. The third-order valence-corrected chi connectivity index (χ3v) is 3.51. The molecular formula is C18H19N3O6. The maximum Gasteiger partial charge on any atom is 0.311 e. The van der Waals surface area contributed by atoms with Crippen molar-refractivity contribution >= 4 is 17.8 Å². The van der Waals surface area contributed by atoms with Gasteiger partial charge in [-0.25, -0.2) is 5.43 Å². The molecule has 0 heterocycles. The number of nitro benzene ring substituents is 1. The lowest BCUT2D eigenvalue weighted by Gasteiger charge is -2.13. The summed E-state index contributed by atoms with van der Waals surface area (Å²) in [5.41, 5.74) is 2.57. The number of amides is 1. The average Bonchev–Trinajstić information content (AvgIpc) is 2.67. The third-order valence-electron chi connectivity index (χ3n) is 3.51. The van der Waals surface area contributed by atoms with Gasteiger partial charge in [0.2, 0.25) is 0 Å². The molecule has 9 nitrogen and oxygen atoms in total. The molecule has 0 radical (unpaired) electrons. The van der Waals surface area contributed by atoms with Crippen LogP contribution in [0.2, 0.25) is 0 Å². The van der Waals surface area contributed by atoms with E-state index in [0.29, 0.717) is 17.1 Å². The molecule has 1 atom stereocenters. The molecule has 0 saturated carbocycles. The predicted molar refractivity (Wildman–Crippen MR) is 98.5 cm³/mol. The Morgan fingerprint density at radius 3 is 2.59 bits per heavy atom. The second kappa shape index (κ2) is 9.18. The molecule has 1 amide bonds. The molecule has 0 spiro atoms. The summed E-state index contributed by atoms with van der Waals surface area (Å²) in [5, 5.41) is 14.8. The summed E-state index contributed by atoms with van der Waals surface area (Å²) < 4.78 is 15.6. The highest BCUT2D eigenvalue weighted by Gasteiger charge is 2.16. The summed E-state index contributed by atoms with van der Waals surface area (Å²) in [5.74, 6) is 0.754. The standard InChI is InChI=1S/C18H19N3O6/c1-12(27-15-6-4-5-14(10-15)25-2)18(22)20-19-11-13-7-8-17(26-3)16(9-13)21(23)24/h4-12H,1-3H3,(H,20,22)/b19-11+. The normalized spacial score (nSPS) is 11.7. The second-order valence-electron chi connectivity index (χ2n) is 5.36. The minimum atomic E-state index is -0.806. The number of hydrogen-bond acceptors (Lipinski definition) is 7. The van der Waals surface area contributed by atoms with Gasteiger partial charge in [-0.15, -0.1) is 0 Å². The molecule has 142 valence electrons. The quantitative estimate of drug-likeness (QED) is 0.432. The van der Waals surface area contributed by atoms with Crippen LogP contribution in [0.15, 0.2) is 47.6 Å². The summed E-state index contributed by atoms with van der Waals surface area (Å²) in [6.07, 6.45) is 0.488. The van der Waals surface area contributed by atoms with E-state index in [4.69, 9.17) is 14.2 Å². The minimum Gasteiger partial charge on any atom is -0.497 e. The minimum absolute atomic E-state index is 0.140. The molecule has 0 aliphatic rings. The van der Waals surface area contributed by atoms with Crippen molar-refractivity contribution in [1.29, 1.82) is 0 Å². The molecule has 1 unspecified atom stereocenters. The van der Waals surface area contributed by atoms with E-state index in [1.165, 1.54) is 32.6 Å². The molecule has 0 aliphatic heterocycles. The van der Waals surface area contributed by atoms with Crippen molar-refractivity contribution in [3.63, 3.8) is 0 Å². The molecule has 2 aromatic carbocycles. The first kappa shape index (κ1) is 19.7. The Labute approximate surface area is 155 Å². The van der Waals surface area contributed by atoms with Gasteiger partial charge in [-0.1, -0.05) is 6.07 Å². The monoisotopic (exact) mass is 373 g/mol. The molecule has 0 bridgehead atoms. The zero-order valence-corrected chi connectivity index (χ0v) is 15.0. The number of carbonyl (C=O) groups is 1. The highest BCUT2D eigenvalue weighted by Crippen LogP contribution is 2.26. The first-order valence-electron chi connectivity index (χ1n) is 7.90. The number of carbonyl (C=O) groups excluding carboxylic acids is 1. The summed E-state index contributed by atoms with van der Waals surface area (Å²) in [7, 11) is 2.88. The molecule has 2 aromatic rings. The lowest BCUT2D eigenvalue weighted by atomic mass is 10.2. The maximum absolute atomic E-state index is 12.1. The molecule has 1 N–H and O–H groups in total. The van der Waals surface area contributed by atoms with Crippen LogP contribution in [0.1, 0.15) is 12.5 Å². The SMILES string of the molecule is COc1cccc(OC(C)C(=O)N/N=C/c2ccc(OC)c([N+](=O)[O-])c2)c1. The molecule has 0 fully saturated rings. The van der Waals surface area contributed by atoms with Gasteiger partial charge in [0.1, 0.15) is 11.5 Å². The largest absolute Gasteiger partial charge is 0.497 e. The van der Waals surface area contributed by atoms with Crippen LogP contribution >= 0.6 is 0 Å². The zero-order valence-electron chi connectivity index (χ0n) is 15.0. The maximum atomic E-state index is 12.1. The summed E-state index contributed by atoms with van der Waals surface area (Å²) in [6, 6.07) is 11.2. The smallest absolute Gasteiger partial charge is 0.311 e. The van der Waals surface area contributed by atoms with Crippen LogP contribution in [0.4, 0.5) is 5.69 Å². The Hall–Kier alpha value is -3.62. The Balaban J connectivity index is 1.97. The van der Waals surface area contributed by atoms with Crippen molar-refractivity contribution in [3.05, 3.63) is 58.1 Å². The average molecular weight is 373 g/mol. The number of ether oxygens (including phenoxy) is 3. The lowest BCUT2D eigenvalue weighted by molar-refractivity contribution is -0.385. The van der Waals surface area contributed by atoms with E-state index in [-0.39, 0.29) is 11.4 Å². The van der Waals surface area contributed by atoms with E-state index in [9.17, 15) is 14.9 Å². The number of hydrazone groups is 1. The Kier molecular flexibility index (Phi) is 6.70. The summed E-state index contributed by atoms with van der Waals surface area (Å²) >= 11 is 0.